The fraction of sp³-hybridized carbons (Fsp3) is 0.556. The van der Waals surface area contributed by atoms with Crippen LogP contribution < -0.4 is 5.32 Å². The maximum Gasteiger partial charge on any atom is 0.0265 e. The van der Waals surface area contributed by atoms with Crippen LogP contribution in [0.4, 0.5) is 0 Å². The third-order valence-corrected chi connectivity index (χ3v) is 1.03. The highest BCUT2D eigenvalue weighted by molar-refractivity contribution is 5.12. The maximum atomic E-state index is 3.83. The predicted molar refractivity (Wildman–Crippen MR) is 46.8 cm³/mol. The fourth-order valence-electron chi connectivity index (χ4n) is 0.679. The lowest BCUT2D eigenvalue weighted by atomic mass is 10.3. The molecule has 0 radical (unpaired) electrons. The van der Waals surface area contributed by atoms with Gasteiger partial charge in [0.1, 0.15) is 0 Å². The molecule has 58 valence electrons. The highest BCUT2D eigenvalue weighted by atomic mass is 14.9. The van der Waals surface area contributed by atoms with Crippen LogP contribution in [-0.4, -0.2) is 6.04 Å². The van der Waals surface area contributed by atoms with Gasteiger partial charge in [0.2, 0.25) is 0 Å². The molecule has 0 amide bonds. The summed E-state index contributed by atoms with van der Waals surface area (Å²) in [6.45, 7) is 10.1. The molecule has 0 aromatic rings. The first kappa shape index (κ1) is 9.28. The van der Waals surface area contributed by atoms with Crippen LogP contribution in [0.3, 0.4) is 0 Å². The lowest BCUT2D eigenvalue weighted by molar-refractivity contribution is 0.683. The minimum Gasteiger partial charge on any atom is -0.383 e. The van der Waals surface area contributed by atoms with Crippen LogP contribution in [0.15, 0.2) is 24.4 Å². The van der Waals surface area contributed by atoms with Gasteiger partial charge in [0.05, 0.1) is 0 Å². The van der Waals surface area contributed by atoms with Crippen LogP contribution in [-0.2, 0) is 0 Å². The Labute approximate surface area is 63.8 Å². The Morgan fingerprint density at radius 3 is 2.60 bits per heavy atom. The summed E-state index contributed by atoms with van der Waals surface area (Å²) in [5, 5.41) is 3.20. The average Bonchev–Trinajstić information content (AvgIpc) is 1.82. The fourth-order valence-corrected chi connectivity index (χ4v) is 0.679. The molecular formula is C9H17N. The second-order valence-corrected chi connectivity index (χ2v) is 2.63. The molecule has 0 saturated carbocycles. The standard InChI is InChI=1S/C9H17N/c1-5-6-7-9(4)10-8(2)3/h6-8,10H,4-5H2,1-3H3/b7-6+. The Balaban J connectivity index is 3.54. The van der Waals surface area contributed by atoms with Crippen molar-refractivity contribution in [1.29, 1.82) is 0 Å². The molecule has 1 nitrogen and oxygen atoms in total. The van der Waals surface area contributed by atoms with Gasteiger partial charge in [-0.1, -0.05) is 19.6 Å². The van der Waals surface area contributed by atoms with Crippen molar-refractivity contribution >= 4 is 0 Å². The van der Waals surface area contributed by atoms with E-state index in [2.05, 4.69) is 38.7 Å². The maximum absolute atomic E-state index is 3.83. The number of nitrogens with one attached hydrogen (secondary N) is 1. The first-order chi connectivity index (χ1) is 4.66. The SMILES string of the molecule is C=C(/C=C/CC)NC(C)C. The first-order valence-corrected chi connectivity index (χ1v) is 3.78. The summed E-state index contributed by atoms with van der Waals surface area (Å²) in [5.41, 5.74) is 0.997. The summed E-state index contributed by atoms with van der Waals surface area (Å²) in [7, 11) is 0. The number of allylic oxidation sites excluding steroid dienone is 2. The Kier molecular flexibility index (Phi) is 4.73. The van der Waals surface area contributed by atoms with E-state index in [1.165, 1.54) is 0 Å². The predicted octanol–water partition coefficient (Wildman–Crippen LogP) is 2.46. The van der Waals surface area contributed by atoms with Crippen LogP contribution in [0.5, 0.6) is 0 Å². The summed E-state index contributed by atoms with van der Waals surface area (Å²) in [6, 6.07) is 0.481. The smallest absolute Gasteiger partial charge is 0.0265 e. The molecule has 0 spiro atoms. The molecule has 10 heavy (non-hydrogen) atoms. The largest absolute Gasteiger partial charge is 0.383 e. The second kappa shape index (κ2) is 5.10. The van der Waals surface area contributed by atoms with E-state index in [4.69, 9.17) is 0 Å². The van der Waals surface area contributed by atoms with E-state index in [-0.39, 0.29) is 0 Å². The summed E-state index contributed by atoms with van der Waals surface area (Å²) >= 11 is 0. The van der Waals surface area contributed by atoms with Gasteiger partial charge in [-0.2, -0.15) is 0 Å². The van der Waals surface area contributed by atoms with E-state index in [0.29, 0.717) is 6.04 Å². The molecule has 0 aliphatic rings. The minimum absolute atomic E-state index is 0.481. The van der Waals surface area contributed by atoms with Crippen LogP contribution in [0, 0.1) is 0 Å². The number of rotatable bonds is 4. The van der Waals surface area contributed by atoms with E-state index in [9.17, 15) is 0 Å². The summed E-state index contributed by atoms with van der Waals surface area (Å²) < 4.78 is 0. The quantitative estimate of drug-likeness (QED) is 0.590. The topological polar surface area (TPSA) is 12.0 Å². The van der Waals surface area contributed by atoms with Gasteiger partial charge in [-0.25, -0.2) is 0 Å². The van der Waals surface area contributed by atoms with Crippen molar-refractivity contribution in [2.75, 3.05) is 0 Å². The molecule has 0 fully saturated rings. The van der Waals surface area contributed by atoms with Gasteiger partial charge in [0.25, 0.3) is 0 Å². The van der Waals surface area contributed by atoms with Crippen molar-refractivity contribution in [2.24, 2.45) is 0 Å². The van der Waals surface area contributed by atoms with Crippen LogP contribution in [0.2, 0.25) is 0 Å². The third-order valence-electron chi connectivity index (χ3n) is 1.03. The van der Waals surface area contributed by atoms with Gasteiger partial charge < -0.3 is 5.32 Å². The van der Waals surface area contributed by atoms with Crippen molar-refractivity contribution in [3.8, 4) is 0 Å². The Bertz CT molecular complexity index is 123. The molecule has 1 heteroatoms. The van der Waals surface area contributed by atoms with Crippen LogP contribution in [0.25, 0.3) is 0 Å². The molecule has 0 saturated heterocycles. The lowest BCUT2D eigenvalue weighted by Crippen LogP contribution is -2.19. The van der Waals surface area contributed by atoms with Gasteiger partial charge in [0, 0.05) is 11.7 Å². The van der Waals surface area contributed by atoms with Crippen molar-refractivity contribution < 1.29 is 0 Å². The molecule has 0 atom stereocenters. The Morgan fingerprint density at radius 1 is 1.60 bits per heavy atom. The van der Waals surface area contributed by atoms with Gasteiger partial charge in [-0.15, -0.1) is 0 Å². The highest BCUT2D eigenvalue weighted by Gasteiger charge is 1.89. The van der Waals surface area contributed by atoms with Gasteiger partial charge in [-0.3, -0.25) is 0 Å². The molecule has 0 bridgehead atoms. The normalized spacial score (nSPS) is 10.8. The Morgan fingerprint density at radius 2 is 2.20 bits per heavy atom. The molecule has 0 aromatic carbocycles. The second-order valence-electron chi connectivity index (χ2n) is 2.63. The molecule has 1 N–H and O–H groups in total. The van der Waals surface area contributed by atoms with Crippen molar-refractivity contribution in [2.45, 2.75) is 33.2 Å². The molecule has 0 heterocycles. The van der Waals surface area contributed by atoms with Crippen molar-refractivity contribution in [3.05, 3.63) is 24.4 Å². The van der Waals surface area contributed by atoms with Crippen molar-refractivity contribution in [3.63, 3.8) is 0 Å². The molecule has 0 unspecified atom stereocenters. The molecule has 0 aromatic heterocycles. The zero-order valence-corrected chi connectivity index (χ0v) is 7.15. The summed E-state index contributed by atoms with van der Waals surface area (Å²) in [4.78, 5) is 0. The van der Waals surface area contributed by atoms with Crippen LogP contribution in [0.1, 0.15) is 27.2 Å². The molecule has 0 aliphatic heterocycles. The highest BCUT2D eigenvalue weighted by Crippen LogP contribution is 1.91. The Hall–Kier alpha value is -0.720. The molecule has 0 rings (SSSR count). The lowest BCUT2D eigenvalue weighted by Gasteiger charge is -2.08. The van der Waals surface area contributed by atoms with E-state index in [1.54, 1.807) is 0 Å². The van der Waals surface area contributed by atoms with E-state index < -0.39 is 0 Å². The number of hydrogen-bond donors (Lipinski definition) is 1. The van der Waals surface area contributed by atoms with Gasteiger partial charge in [-0.05, 0) is 26.3 Å². The first-order valence-electron chi connectivity index (χ1n) is 3.78. The number of hydrogen-bond acceptors (Lipinski definition) is 1. The van der Waals surface area contributed by atoms with E-state index in [0.717, 1.165) is 12.1 Å². The zero-order chi connectivity index (χ0) is 7.98. The van der Waals surface area contributed by atoms with Crippen LogP contribution >= 0.6 is 0 Å². The monoisotopic (exact) mass is 139 g/mol. The van der Waals surface area contributed by atoms with E-state index in [1.807, 2.05) is 6.08 Å². The summed E-state index contributed by atoms with van der Waals surface area (Å²) in [5.74, 6) is 0. The minimum atomic E-state index is 0.481. The molecule has 0 aliphatic carbocycles. The summed E-state index contributed by atoms with van der Waals surface area (Å²) in [6.07, 6.45) is 5.18. The zero-order valence-electron chi connectivity index (χ0n) is 7.15. The van der Waals surface area contributed by atoms with Crippen molar-refractivity contribution in [1.82, 2.24) is 5.32 Å². The van der Waals surface area contributed by atoms with Gasteiger partial charge in [0.15, 0.2) is 0 Å². The average molecular weight is 139 g/mol. The molecular weight excluding hydrogens is 122 g/mol. The third kappa shape index (κ3) is 5.42. The van der Waals surface area contributed by atoms with Gasteiger partial charge >= 0.3 is 0 Å². The van der Waals surface area contributed by atoms with E-state index >= 15 is 0 Å².